The molecule has 0 spiro atoms. The van der Waals surface area contributed by atoms with E-state index in [4.69, 9.17) is 0 Å². The third kappa shape index (κ3) is 3.97. The van der Waals surface area contributed by atoms with E-state index in [0.29, 0.717) is 5.69 Å². The van der Waals surface area contributed by atoms with Crippen LogP contribution in [0, 0.1) is 0 Å². The largest absolute Gasteiger partial charge is 0.348 e. The van der Waals surface area contributed by atoms with Crippen LogP contribution in [0.1, 0.15) is 37.2 Å². The maximum absolute atomic E-state index is 12.8. The second-order valence-electron chi connectivity index (χ2n) is 6.19. The van der Waals surface area contributed by atoms with Gasteiger partial charge in [-0.15, -0.1) is 0 Å². The summed E-state index contributed by atoms with van der Waals surface area (Å²) < 4.78 is 1.72. The number of nitrogens with one attached hydrogen (secondary N) is 1. The molecule has 1 aromatic heterocycles. The van der Waals surface area contributed by atoms with E-state index in [1.54, 1.807) is 4.68 Å². The Bertz CT molecular complexity index is 825. The molecule has 4 nitrogen and oxygen atoms in total. The summed E-state index contributed by atoms with van der Waals surface area (Å²) in [5.74, 6) is -0.0977. The minimum Gasteiger partial charge on any atom is -0.348 e. The number of amides is 1. The van der Waals surface area contributed by atoms with Crippen molar-refractivity contribution in [3.63, 3.8) is 0 Å². The summed E-state index contributed by atoms with van der Waals surface area (Å²) in [6.07, 6.45) is 1.99. The maximum Gasteiger partial charge on any atom is 0.270 e. The summed E-state index contributed by atoms with van der Waals surface area (Å²) in [6, 6.07) is 21.7. The molecule has 3 rings (SSSR count). The Hall–Kier alpha value is -2.88. The lowest BCUT2D eigenvalue weighted by Crippen LogP contribution is -2.33. The van der Waals surface area contributed by atoms with Gasteiger partial charge in [-0.05, 0) is 31.5 Å². The highest BCUT2D eigenvalue weighted by Gasteiger charge is 2.18. The average Bonchev–Trinajstić information content (AvgIpc) is 3.09. The van der Waals surface area contributed by atoms with Gasteiger partial charge in [-0.1, -0.05) is 61.9 Å². The molecular formula is C21H23N3O. The van der Waals surface area contributed by atoms with Crippen molar-refractivity contribution in [3.8, 4) is 16.9 Å². The van der Waals surface area contributed by atoms with Gasteiger partial charge in [0, 0.05) is 11.6 Å². The summed E-state index contributed by atoms with van der Waals surface area (Å²) >= 11 is 0. The predicted octanol–water partition coefficient (Wildman–Crippen LogP) is 4.46. The van der Waals surface area contributed by atoms with E-state index < -0.39 is 0 Å². The van der Waals surface area contributed by atoms with Crippen molar-refractivity contribution in [1.29, 1.82) is 0 Å². The quantitative estimate of drug-likeness (QED) is 0.724. The number of carbonyl (C=O) groups excluding carboxylic acids is 1. The fourth-order valence-corrected chi connectivity index (χ4v) is 2.86. The van der Waals surface area contributed by atoms with Gasteiger partial charge in [0.05, 0.1) is 11.4 Å². The second kappa shape index (κ2) is 7.79. The highest BCUT2D eigenvalue weighted by Crippen LogP contribution is 2.21. The molecule has 1 heterocycles. The van der Waals surface area contributed by atoms with Gasteiger partial charge >= 0.3 is 0 Å². The van der Waals surface area contributed by atoms with Gasteiger partial charge in [0.2, 0.25) is 0 Å². The van der Waals surface area contributed by atoms with Crippen LogP contribution in [0.3, 0.4) is 0 Å². The molecule has 1 N–H and O–H groups in total. The standard InChI is InChI=1S/C21H23N3O/c1-3-10-16(2)22-21(25)20-15-19(17-11-6-4-7-12-17)23-24(20)18-13-8-5-9-14-18/h4-9,11-16H,3,10H2,1-2H3,(H,22,25). The van der Waals surface area contributed by atoms with Crippen molar-refractivity contribution in [2.24, 2.45) is 0 Å². The zero-order chi connectivity index (χ0) is 17.6. The van der Waals surface area contributed by atoms with Gasteiger partial charge in [-0.25, -0.2) is 4.68 Å². The van der Waals surface area contributed by atoms with Crippen LogP contribution in [-0.2, 0) is 0 Å². The van der Waals surface area contributed by atoms with Crippen molar-refractivity contribution in [1.82, 2.24) is 15.1 Å². The van der Waals surface area contributed by atoms with Gasteiger partial charge in [0.25, 0.3) is 5.91 Å². The smallest absolute Gasteiger partial charge is 0.270 e. The second-order valence-corrected chi connectivity index (χ2v) is 6.19. The molecule has 0 aliphatic rings. The Labute approximate surface area is 148 Å². The molecule has 2 aromatic carbocycles. The number of hydrogen-bond donors (Lipinski definition) is 1. The van der Waals surface area contributed by atoms with Crippen LogP contribution in [0.15, 0.2) is 66.7 Å². The number of carbonyl (C=O) groups is 1. The molecule has 0 saturated carbocycles. The number of rotatable bonds is 6. The number of hydrogen-bond acceptors (Lipinski definition) is 2. The van der Waals surface area contributed by atoms with Crippen molar-refractivity contribution in [3.05, 3.63) is 72.4 Å². The number of nitrogens with zero attached hydrogens (tertiary/aromatic N) is 2. The normalized spacial score (nSPS) is 11.9. The molecule has 3 aromatic rings. The monoisotopic (exact) mass is 333 g/mol. The van der Waals surface area contributed by atoms with Gasteiger partial charge < -0.3 is 5.32 Å². The predicted molar refractivity (Wildman–Crippen MR) is 101 cm³/mol. The fraction of sp³-hybridized carbons (Fsp3) is 0.238. The lowest BCUT2D eigenvalue weighted by Gasteiger charge is -2.13. The van der Waals surface area contributed by atoms with E-state index in [9.17, 15) is 4.79 Å². The first kappa shape index (κ1) is 17.0. The lowest BCUT2D eigenvalue weighted by molar-refractivity contribution is 0.0930. The van der Waals surface area contributed by atoms with Crippen LogP contribution in [-0.4, -0.2) is 21.7 Å². The van der Waals surface area contributed by atoms with Crippen LogP contribution in [0.25, 0.3) is 16.9 Å². The van der Waals surface area contributed by atoms with E-state index in [0.717, 1.165) is 29.8 Å². The zero-order valence-corrected chi connectivity index (χ0v) is 14.6. The zero-order valence-electron chi connectivity index (χ0n) is 14.6. The van der Waals surface area contributed by atoms with Crippen molar-refractivity contribution < 1.29 is 4.79 Å². The third-order valence-corrected chi connectivity index (χ3v) is 4.11. The number of para-hydroxylation sites is 1. The summed E-state index contributed by atoms with van der Waals surface area (Å²) in [6.45, 7) is 4.15. The molecule has 0 radical (unpaired) electrons. The summed E-state index contributed by atoms with van der Waals surface area (Å²) in [5, 5.41) is 7.75. The van der Waals surface area contributed by atoms with E-state index in [1.165, 1.54) is 0 Å². The summed E-state index contributed by atoms with van der Waals surface area (Å²) in [7, 11) is 0. The van der Waals surface area contributed by atoms with Crippen molar-refractivity contribution in [2.45, 2.75) is 32.7 Å². The van der Waals surface area contributed by atoms with Gasteiger partial charge in [-0.3, -0.25) is 4.79 Å². The Kier molecular flexibility index (Phi) is 5.29. The molecule has 0 aliphatic heterocycles. The van der Waals surface area contributed by atoms with Gasteiger partial charge in [-0.2, -0.15) is 5.10 Å². The molecule has 25 heavy (non-hydrogen) atoms. The number of benzene rings is 2. The molecule has 0 aliphatic carbocycles. The minimum absolute atomic E-state index is 0.0977. The van der Waals surface area contributed by atoms with E-state index >= 15 is 0 Å². The van der Waals surface area contributed by atoms with Crippen LogP contribution in [0.5, 0.6) is 0 Å². The third-order valence-electron chi connectivity index (χ3n) is 4.11. The minimum atomic E-state index is -0.0977. The topological polar surface area (TPSA) is 46.9 Å². The molecular weight excluding hydrogens is 310 g/mol. The molecule has 4 heteroatoms. The van der Waals surface area contributed by atoms with Crippen molar-refractivity contribution in [2.75, 3.05) is 0 Å². The summed E-state index contributed by atoms with van der Waals surface area (Å²) in [5.41, 5.74) is 3.21. The first-order chi connectivity index (χ1) is 12.2. The Morgan fingerprint density at radius 2 is 1.72 bits per heavy atom. The van der Waals surface area contributed by atoms with Crippen LogP contribution < -0.4 is 5.32 Å². The van der Waals surface area contributed by atoms with E-state index in [-0.39, 0.29) is 11.9 Å². The molecule has 0 bridgehead atoms. The molecule has 0 fully saturated rings. The van der Waals surface area contributed by atoms with Crippen LogP contribution in [0.4, 0.5) is 0 Å². The van der Waals surface area contributed by atoms with Gasteiger partial charge in [0.15, 0.2) is 0 Å². The summed E-state index contributed by atoms with van der Waals surface area (Å²) in [4.78, 5) is 12.8. The molecule has 1 unspecified atom stereocenters. The maximum atomic E-state index is 12.8. The Balaban J connectivity index is 2.00. The van der Waals surface area contributed by atoms with Crippen LogP contribution >= 0.6 is 0 Å². The highest BCUT2D eigenvalue weighted by atomic mass is 16.2. The van der Waals surface area contributed by atoms with E-state index in [1.807, 2.05) is 73.7 Å². The Morgan fingerprint density at radius 1 is 1.08 bits per heavy atom. The number of aromatic nitrogens is 2. The Morgan fingerprint density at radius 3 is 2.36 bits per heavy atom. The lowest BCUT2D eigenvalue weighted by atomic mass is 10.1. The first-order valence-corrected chi connectivity index (χ1v) is 8.71. The van der Waals surface area contributed by atoms with Crippen LogP contribution in [0.2, 0.25) is 0 Å². The van der Waals surface area contributed by atoms with E-state index in [2.05, 4.69) is 17.3 Å². The molecule has 1 atom stereocenters. The van der Waals surface area contributed by atoms with Crippen molar-refractivity contribution >= 4 is 5.91 Å². The average molecular weight is 333 g/mol. The highest BCUT2D eigenvalue weighted by molar-refractivity contribution is 5.94. The first-order valence-electron chi connectivity index (χ1n) is 8.71. The fourth-order valence-electron chi connectivity index (χ4n) is 2.86. The molecule has 1 amide bonds. The molecule has 0 saturated heterocycles. The molecule has 128 valence electrons. The van der Waals surface area contributed by atoms with Gasteiger partial charge in [0.1, 0.15) is 5.69 Å². The SMILES string of the molecule is CCCC(C)NC(=O)c1cc(-c2ccccc2)nn1-c1ccccc1.